The minimum absolute atomic E-state index is 0.0460. The quantitative estimate of drug-likeness (QED) is 0.654. The third kappa shape index (κ3) is 4.54. The Morgan fingerprint density at radius 1 is 1.07 bits per heavy atom. The van der Waals surface area contributed by atoms with E-state index in [-0.39, 0.29) is 17.8 Å². The molecule has 30 heavy (non-hydrogen) atoms. The molecule has 2 aromatic carbocycles. The van der Waals surface area contributed by atoms with Gasteiger partial charge in [-0.15, -0.1) is 10.2 Å². The summed E-state index contributed by atoms with van der Waals surface area (Å²) in [6.45, 7) is 3.26. The topological polar surface area (TPSA) is 58.1 Å². The van der Waals surface area contributed by atoms with Gasteiger partial charge in [-0.1, -0.05) is 42.5 Å². The first-order chi connectivity index (χ1) is 14.6. The monoisotopic (exact) mass is 402 g/mol. The Hall–Kier alpha value is -3.54. The summed E-state index contributed by atoms with van der Waals surface area (Å²) in [4.78, 5) is 14.6. The van der Waals surface area contributed by atoms with E-state index in [9.17, 15) is 9.18 Å². The van der Waals surface area contributed by atoms with Crippen molar-refractivity contribution in [2.24, 2.45) is 0 Å². The van der Waals surface area contributed by atoms with Crippen LogP contribution in [0.1, 0.15) is 18.9 Å². The number of halogens is 1. The first-order valence-corrected chi connectivity index (χ1v) is 9.98. The van der Waals surface area contributed by atoms with Gasteiger partial charge >= 0.3 is 0 Å². The van der Waals surface area contributed by atoms with Gasteiger partial charge in [-0.25, -0.2) is 4.39 Å². The zero-order valence-corrected chi connectivity index (χ0v) is 16.8. The number of benzene rings is 2. The maximum Gasteiger partial charge on any atom is 0.247 e. The van der Waals surface area contributed by atoms with Gasteiger partial charge < -0.3 is 10.2 Å². The van der Waals surface area contributed by atoms with Crippen LogP contribution in [0.3, 0.4) is 0 Å². The first kappa shape index (κ1) is 19.8. The molecule has 6 heteroatoms. The van der Waals surface area contributed by atoms with E-state index in [1.165, 1.54) is 6.07 Å². The average Bonchev–Trinajstić information content (AvgIpc) is 3.23. The molecule has 1 saturated heterocycles. The van der Waals surface area contributed by atoms with Crippen molar-refractivity contribution < 1.29 is 9.18 Å². The SMILES string of the molecule is C/C(=C\c1ccccc1)C(=O)N[C@H]1CCN(c2ccc(-c3ccccc3F)nn2)C1. The van der Waals surface area contributed by atoms with Crippen molar-refractivity contribution in [1.82, 2.24) is 15.5 Å². The van der Waals surface area contributed by atoms with Gasteiger partial charge in [0.25, 0.3) is 0 Å². The Morgan fingerprint density at radius 2 is 1.83 bits per heavy atom. The molecule has 1 aliphatic heterocycles. The third-order valence-electron chi connectivity index (χ3n) is 5.19. The number of amides is 1. The molecule has 1 fully saturated rings. The summed E-state index contributed by atoms with van der Waals surface area (Å²) in [5.74, 6) is 0.345. The minimum atomic E-state index is -0.317. The van der Waals surface area contributed by atoms with E-state index in [1.54, 1.807) is 24.3 Å². The number of aromatic nitrogens is 2. The molecule has 3 aromatic rings. The molecule has 0 bridgehead atoms. The van der Waals surface area contributed by atoms with E-state index in [0.717, 1.165) is 24.3 Å². The van der Waals surface area contributed by atoms with Gasteiger partial charge in [-0.3, -0.25) is 4.79 Å². The maximum atomic E-state index is 13.9. The average molecular weight is 402 g/mol. The van der Waals surface area contributed by atoms with Crippen molar-refractivity contribution in [1.29, 1.82) is 0 Å². The molecule has 0 unspecified atom stereocenters. The number of nitrogens with one attached hydrogen (secondary N) is 1. The van der Waals surface area contributed by atoms with E-state index >= 15 is 0 Å². The molecule has 1 amide bonds. The van der Waals surface area contributed by atoms with Gasteiger partial charge in [0.05, 0.1) is 5.69 Å². The van der Waals surface area contributed by atoms with Gasteiger partial charge in [0.2, 0.25) is 5.91 Å². The summed E-state index contributed by atoms with van der Waals surface area (Å²) in [6.07, 6.45) is 2.72. The number of hydrogen-bond acceptors (Lipinski definition) is 4. The molecule has 1 aliphatic rings. The van der Waals surface area contributed by atoms with E-state index < -0.39 is 0 Å². The number of nitrogens with zero attached hydrogens (tertiary/aromatic N) is 3. The molecule has 0 aliphatic carbocycles. The Morgan fingerprint density at radius 3 is 2.57 bits per heavy atom. The van der Waals surface area contributed by atoms with Crippen LogP contribution in [-0.4, -0.2) is 35.2 Å². The molecule has 0 spiro atoms. The zero-order valence-electron chi connectivity index (χ0n) is 16.8. The standard InChI is InChI=1S/C24H23FN4O/c1-17(15-18-7-3-2-4-8-18)24(30)26-19-13-14-29(16-19)23-12-11-22(27-28-23)20-9-5-6-10-21(20)25/h2-12,15,19H,13-14,16H2,1H3,(H,26,30)/b17-15+/t19-/m0/s1. The summed E-state index contributed by atoms with van der Waals surface area (Å²) < 4.78 is 13.9. The van der Waals surface area contributed by atoms with Crippen LogP contribution in [-0.2, 0) is 4.79 Å². The van der Waals surface area contributed by atoms with Crippen molar-refractivity contribution >= 4 is 17.8 Å². The van der Waals surface area contributed by atoms with Crippen molar-refractivity contribution in [2.75, 3.05) is 18.0 Å². The van der Waals surface area contributed by atoms with E-state index in [4.69, 9.17) is 0 Å². The number of hydrogen-bond donors (Lipinski definition) is 1. The van der Waals surface area contributed by atoms with E-state index in [1.807, 2.05) is 49.4 Å². The number of anilines is 1. The van der Waals surface area contributed by atoms with Crippen molar-refractivity contribution in [3.05, 3.63) is 83.7 Å². The van der Waals surface area contributed by atoms with E-state index in [0.29, 0.717) is 23.4 Å². The molecule has 0 saturated carbocycles. The molecule has 4 rings (SSSR count). The molecule has 5 nitrogen and oxygen atoms in total. The van der Waals surface area contributed by atoms with Gasteiger partial charge in [-0.2, -0.15) is 0 Å². The highest BCUT2D eigenvalue weighted by Crippen LogP contribution is 2.23. The maximum absolute atomic E-state index is 13.9. The zero-order chi connectivity index (χ0) is 20.9. The Bertz CT molecular complexity index is 1050. The molecule has 1 aromatic heterocycles. The van der Waals surface area contributed by atoms with Crippen LogP contribution in [0, 0.1) is 5.82 Å². The van der Waals surface area contributed by atoms with Gasteiger partial charge in [0.15, 0.2) is 5.82 Å². The highest BCUT2D eigenvalue weighted by molar-refractivity contribution is 5.97. The first-order valence-electron chi connectivity index (χ1n) is 9.98. The minimum Gasteiger partial charge on any atom is -0.353 e. The Balaban J connectivity index is 1.37. The second kappa shape index (κ2) is 8.86. The molecule has 2 heterocycles. The lowest BCUT2D eigenvalue weighted by molar-refractivity contribution is -0.117. The molecule has 1 atom stereocenters. The van der Waals surface area contributed by atoms with Crippen molar-refractivity contribution in [2.45, 2.75) is 19.4 Å². The van der Waals surface area contributed by atoms with Crippen LogP contribution >= 0.6 is 0 Å². The van der Waals surface area contributed by atoms with Crippen LogP contribution in [0.2, 0.25) is 0 Å². The number of carbonyl (C=O) groups is 1. The molecular weight excluding hydrogens is 379 g/mol. The second-order valence-corrected chi connectivity index (χ2v) is 7.40. The van der Waals surface area contributed by atoms with Crippen LogP contribution in [0.4, 0.5) is 10.2 Å². The highest BCUT2D eigenvalue weighted by Gasteiger charge is 2.25. The molecule has 1 N–H and O–H groups in total. The second-order valence-electron chi connectivity index (χ2n) is 7.40. The normalized spacial score (nSPS) is 16.5. The van der Waals surface area contributed by atoms with Gasteiger partial charge in [-0.05, 0) is 49.2 Å². The fourth-order valence-corrected chi connectivity index (χ4v) is 3.56. The van der Waals surface area contributed by atoms with Crippen LogP contribution < -0.4 is 10.2 Å². The Labute approximate surface area is 175 Å². The van der Waals surface area contributed by atoms with Gasteiger partial charge in [0, 0.05) is 30.3 Å². The predicted octanol–water partition coefficient (Wildman–Crippen LogP) is 4.08. The Kier molecular flexibility index (Phi) is 5.84. The summed E-state index contributed by atoms with van der Waals surface area (Å²) in [7, 11) is 0. The van der Waals surface area contributed by atoms with Crippen molar-refractivity contribution in [3.63, 3.8) is 0 Å². The smallest absolute Gasteiger partial charge is 0.247 e. The fraction of sp³-hybridized carbons (Fsp3) is 0.208. The number of rotatable bonds is 5. The number of carbonyl (C=O) groups excluding carboxylic acids is 1. The summed E-state index contributed by atoms with van der Waals surface area (Å²) in [5.41, 5.74) is 2.61. The molecule has 0 radical (unpaired) electrons. The van der Waals surface area contributed by atoms with Crippen LogP contribution in [0.15, 0.2) is 72.3 Å². The largest absolute Gasteiger partial charge is 0.353 e. The lowest BCUT2D eigenvalue weighted by atomic mass is 10.1. The predicted molar refractivity (Wildman–Crippen MR) is 116 cm³/mol. The summed E-state index contributed by atoms with van der Waals surface area (Å²) >= 11 is 0. The highest BCUT2D eigenvalue weighted by atomic mass is 19.1. The summed E-state index contributed by atoms with van der Waals surface area (Å²) in [5, 5.41) is 11.6. The summed E-state index contributed by atoms with van der Waals surface area (Å²) in [6, 6.07) is 20.0. The van der Waals surface area contributed by atoms with Crippen LogP contribution in [0.5, 0.6) is 0 Å². The fourth-order valence-electron chi connectivity index (χ4n) is 3.56. The molecule has 152 valence electrons. The third-order valence-corrected chi connectivity index (χ3v) is 5.19. The lowest BCUT2D eigenvalue weighted by Crippen LogP contribution is -2.37. The molecular formula is C24H23FN4O. The van der Waals surface area contributed by atoms with E-state index in [2.05, 4.69) is 20.4 Å². The lowest BCUT2D eigenvalue weighted by Gasteiger charge is -2.18. The van der Waals surface area contributed by atoms with Gasteiger partial charge in [0.1, 0.15) is 5.82 Å². The van der Waals surface area contributed by atoms with Crippen LogP contribution in [0.25, 0.3) is 17.3 Å². The van der Waals surface area contributed by atoms with Crippen molar-refractivity contribution in [3.8, 4) is 11.3 Å².